The van der Waals surface area contributed by atoms with Gasteiger partial charge in [0.15, 0.2) is 5.13 Å². The zero-order valence-corrected chi connectivity index (χ0v) is 17.2. The molecule has 2 aromatic heterocycles. The molecule has 2 N–H and O–H groups in total. The number of urea groups is 1. The highest BCUT2D eigenvalue weighted by Crippen LogP contribution is 2.32. The molecule has 5 nitrogen and oxygen atoms in total. The first-order valence-corrected chi connectivity index (χ1v) is 9.85. The Labute approximate surface area is 159 Å². The maximum atomic E-state index is 11.6. The lowest BCUT2D eigenvalue weighted by Crippen LogP contribution is -2.28. The summed E-state index contributed by atoms with van der Waals surface area (Å²) in [5.41, 5.74) is 4.15. The highest BCUT2D eigenvalue weighted by atomic mass is 32.1. The number of rotatable bonds is 3. The van der Waals surface area contributed by atoms with Crippen molar-refractivity contribution >= 4 is 32.7 Å². The number of aryl methyl sites for hydroxylation is 1. The molecule has 0 saturated heterocycles. The van der Waals surface area contributed by atoms with E-state index in [-0.39, 0.29) is 6.03 Å². The molecular weight excluding hydrogens is 344 g/mol. The maximum Gasteiger partial charge on any atom is 0.321 e. The van der Waals surface area contributed by atoms with Gasteiger partial charge in [0.2, 0.25) is 0 Å². The van der Waals surface area contributed by atoms with Crippen LogP contribution in [0.3, 0.4) is 0 Å². The molecule has 0 atom stereocenters. The second kappa shape index (κ2) is 11.2. The molecule has 26 heavy (non-hydrogen) atoms. The van der Waals surface area contributed by atoms with Crippen LogP contribution in [0.5, 0.6) is 0 Å². The Bertz CT molecular complexity index is 815. The van der Waals surface area contributed by atoms with Gasteiger partial charge in [-0.05, 0) is 43.2 Å². The average molecular weight is 373 g/mol. The summed E-state index contributed by atoms with van der Waals surface area (Å²) in [7, 11) is 0. The number of pyridine rings is 1. The van der Waals surface area contributed by atoms with Crippen LogP contribution in [0.15, 0.2) is 36.7 Å². The third-order valence-electron chi connectivity index (χ3n) is 3.23. The third kappa shape index (κ3) is 5.52. The van der Waals surface area contributed by atoms with Gasteiger partial charge in [0.25, 0.3) is 0 Å². The lowest BCUT2D eigenvalue weighted by atomic mass is 10.0. The van der Waals surface area contributed by atoms with Crippen LogP contribution in [-0.2, 0) is 0 Å². The first kappa shape index (κ1) is 21.6. The van der Waals surface area contributed by atoms with Crippen LogP contribution in [0.1, 0.15) is 40.2 Å². The van der Waals surface area contributed by atoms with Gasteiger partial charge in [-0.25, -0.2) is 9.78 Å². The fraction of sp³-hybridized carbons (Fsp3) is 0.350. The van der Waals surface area contributed by atoms with E-state index in [1.807, 2.05) is 59.0 Å². The Morgan fingerprint density at radius 2 is 1.88 bits per heavy atom. The van der Waals surface area contributed by atoms with Gasteiger partial charge < -0.3 is 5.32 Å². The molecule has 0 radical (unpaired) electrons. The van der Waals surface area contributed by atoms with Crippen LogP contribution < -0.4 is 10.6 Å². The molecule has 6 heteroatoms. The molecule has 0 spiro atoms. The Kier molecular flexibility index (Phi) is 9.30. The standard InChI is InChI=1S/C16H16N4OS.2C2H6/c1-3-18-15(21)20-16-19-13-8-12(7-10(2)14(13)22-16)11-5-4-6-17-9-11;2*1-2/h4-9H,3H2,1-2H3,(H2,18,19,20,21);2*1-2H3. The summed E-state index contributed by atoms with van der Waals surface area (Å²) >= 11 is 1.48. The molecule has 3 aromatic rings. The molecule has 0 unspecified atom stereocenters. The number of amides is 2. The minimum atomic E-state index is -0.230. The predicted molar refractivity (Wildman–Crippen MR) is 113 cm³/mol. The fourth-order valence-electron chi connectivity index (χ4n) is 2.26. The van der Waals surface area contributed by atoms with Gasteiger partial charge >= 0.3 is 6.03 Å². The summed E-state index contributed by atoms with van der Waals surface area (Å²) in [6.45, 7) is 12.5. The summed E-state index contributed by atoms with van der Waals surface area (Å²) in [4.78, 5) is 20.3. The maximum absolute atomic E-state index is 11.6. The van der Waals surface area contributed by atoms with Gasteiger partial charge in [0.05, 0.1) is 10.2 Å². The molecule has 0 aliphatic carbocycles. The van der Waals surface area contributed by atoms with Crippen molar-refractivity contribution in [2.24, 2.45) is 0 Å². The SMILES string of the molecule is CC.CC.CCNC(=O)Nc1nc2cc(-c3cccnc3)cc(C)c2s1. The summed E-state index contributed by atoms with van der Waals surface area (Å²) in [5.74, 6) is 0. The molecule has 0 saturated carbocycles. The van der Waals surface area contributed by atoms with E-state index in [0.29, 0.717) is 11.7 Å². The number of carbonyl (C=O) groups excluding carboxylic acids is 1. The van der Waals surface area contributed by atoms with E-state index in [4.69, 9.17) is 0 Å². The summed E-state index contributed by atoms with van der Waals surface area (Å²) in [6, 6.07) is 7.85. The lowest BCUT2D eigenvalue weighted by Gasteiger charge is -2.02. The van der Waals surface area contributed by atoms with Gasteiger partial charge in [0.1, 0.15) is 0 Å². The van der Waals surface area contributed by atoms with E-state index in [1.165, 1.54) is 11.3 Å². The summed E-state index contributed by atoms with van der Waals surface area (Å²) < 4.78 is 1.08. The zero-order chi connectivity index (χ0) is 19.5. The Morgan fingerprint density at radius 3 is 2.50 bits per heavy atom. The van der Waals surface area contributed by atoms with E-state index in [1.54, 1.807) is 6.20 Å². The molecule has 140 valence electrons. The van der Waals surface area contributed by atoms with Gasteiger partial charge in [-0.3, -0.25) is 10.3 Å². The minimum absolute atomic E-state index is 0.230. The highest BCUT2D eigenvalue weighted by Gasteiger charge is 2.11. The average Bonchev–Trinajstić information content (AvgIpc) is 3.09. The quantitative estimate of drug-likeness (QED) is 0.605. The first-order valence-electron chi connectivity index (χ1n) is 9.04. The zero-order valence-electron chi connectivity index (χ0n) is 16.4. The number of carbonyl (C=O) groups is 1. The first-order chi connectivity index (χ1) is 12.7. The topological polar surface area (TPSA) is 66.9 Å². The van der Waals surface area contributed by atoms with E-state index in [9.17, 15) is 4.79 Å². The molecular formula is C20H28N4OS. The van der Waals surface area contributed by atoms with Gasteiger partial charge in [-0.1, -0.05) is 45.1 Å². The smallest absolute Gasteiger partial charge is 0.321 e. The minimum Gasteiger partial charge on any atom is -0.338 e. The number of aromatic nitrogens is 2. The Hall–Kier alpha value is -2.47. The molecule has 0 bridgehead atoms. The van der Waals surface area contributed by atoms with E-state index >= 15 is 0 Å². The van der Waals surface area contributed by atoms with Crippen molar-refractivity contribution in [3.8, 4) is 11.1 Å². The predicted octanol–water partition coefficient (Wildman–Crippen LogP) is 5.86. The van der Waals surface area contributed by atoms with Crippen LogP contribution in [0.2, 0.25) is 0 Å². The second-order valence-corrected chi connectivity index (χ2v) is 5.89. The van der Waals surface area contributed by atoms with Crippen LogP contribution in [0.4, 0.5) is 9.93 Å². The number of benzene rings is 1. The third-order valence-corrected chi connectivity index (χ3v) is 4.35. The van der Waals surface area contributed by atoms with Crippen LogP contribution in [0, 0.1) is 6.92 Å². The number of hydrogen-bond acceptors (Lipinski definition) is 4. The number of anilines is 1. The van der Waals surface area contributed by atoms with Crippen LogP contribution >= 0.6 is 11.3 Å². The van der Waals surface area contributed by atoms with E-state index < -0.39 is 0 Å². The van der Waals surface area contributed by atoms with Crippen molar-refractivity contribution in [2.45, 2.75) is 41.5 Å². The van der Waals surface area contributed by atoms with Crippen molar-refractivity contribution in [2.75, 3.05) is 11.9 Å². The van der Waals surface area contributed by atoms with Crippen molar-refractivity contribution < 1.29 is 4.79 Å². The monoisotopic (exact) mass is 372 g/mol. The van der Waals surface area contributed by atoms with Gasteiger partial charge in [-0.2, -0.15) is 0 Å². The normalized spacial score (nSPS) is 9.46. The van der Waals surface area contributed by atoms with Crippen molar-refractivity contribution in [3.05, 3.63) is 42.2 Å². The van der Waals surface area contributed by atoms with E-state index in [0.717, 1.165) is 26.9 Å². The number of fused-ring (bicyclic) bond motifs is 1. The largest absolute Gasteiger partial charge is 0.338 e. The molecule has 2 amide bonds. The molecule has 3 rings (SSSR count). The van der Waals surface area contributed by atoms with Crippen molar-refractivity contribution in [1.82, 2.24) is 15.3 Å². The van der Waals surface area contributed by atoms with Gasteiger partial charge in [0, 0.05) is 24.5 Å². The van der Waals surface area contributed by atoms with Crippen LogP contribution in [0.25, 0.3) is 21.3 Å². The lowest BCUT2D eigenvalue weighted by molar-refractivity contribution is 0.252. The Balaban J connectivity index is 0.000000791. The highest BCUT2D eigenvalue weighted by molar-refractivity contribution is 7.22. The summed E-state index contributed by atoms with van der Waals surface area (Å²) in [6.07, 6.45) is 3.59. The summed E-state index contributed by atoms with van der Waals surface area (Å²) in [5, 5.41) is 6.07. The molecule has 1 aromatic carbocycles. The second-order valence-electron chi connectivity index (χ2n) is 4.89. The fourth-order valence-corrected chi connectivity index (χ4v) is 3.17. The van der Waals surface area contributed by atoms with E-state index in [2.05, 4.69) is 33.6 Å². The number of hydrogen-bond donors (Lipinski definition) is 2. The molecule has 0 aliphatic rings. The number of nitrogens with zero attached hydrogens (tertiary/aromatic N) is 2. The molecule has 0 aliphatic heterocycles. The number of nitrogens with one attached hydrogen (secondary N) is 2. The number of thiazole rings is 1. The van der Waals surface area contributed by atoms with Crippen molar-refractivity contribution in [3.63, 3.8) is 0 Å². The van der Waals surface area contributed by atoms with Crippen molar-refractivity contribution in [1.29, 1.82) is 0 Å². The molecule has 0 fully saturated rings. The molecule has 2 heterocycles. The van der Waals surface area contributed by atoms with Crippen LogP contribution in [-0.4, -0.2) is 22.5 Å². The van der Waals surface area contributed by atoms with Gasteiger partial charge in [-0.15, -0.1) is 0 Å². The Morgan fingerprint density at radius 1 is 1.15 bits per heavy atom.